The average molecular weight is 215 g/mol. The molecule has 0 spiro atoms. The molecule has 0 saturated carbocycles. The topological polar surface area (TPSA) is 61.0 Å². The first-order valence-electron chi connectivity index (χ1n) is 5.10. The number of rotatable bonds is 3. The lowest BCUT2D eigenvalue weighted by molar-refractivity contribution is 0.339. The number of nitrogen functional groups attached to an aromatic ring is 1. The first-order chi connectivity index (χ1) is 7.79. The van der Waals surface area contributed by atoms with Crippen LogP contribution in [-0.4, -0.2) is 16.6 Å². The molecule has 0 bridgehead atoms. The summed E-state index contributed by atoms with van der Waals surface area (Å²) in [7, 11) is 0. The van der Waals surface area contributed by atoms with Gasteiger partial charge in [-0.2, -0.15) is 0 Å². The molecule has 0 aliphatic heterocycles. The van der Waals surface area contributed by atoms with Crippen LogP contribution in [0.15, 0.2) is 36.7 Å². The lowest BCUT2D eigenvalue weighted by atomic mass is 10.2. The van der Waals surface area contributed by atoms with Crippen molar-refractivity contribution in [2.24, 2.45) is 0 Å². The van der Waals surface area contributed by atoms with Crippen LogP contribution in [0.3, 0.4) is 0 Å². The third-order valence-corrected chi connectivity index (χ3v) is 2.09. The summed E-state index contributed by atoms with van der Waals surface area (Å²) in [5.41, 5.74) is 7.33. The van der Waals surface area contributed by atoms with E-state index in [0.29, 0.717) is 12.4 Å². The van der Waals surface area contributed by atoms with Gasteiger partial charge in [0.15, 0.2) is 0 Å². The van der Waals surface area contributed by atoms with Crippen LogP contribution >= 0.6 is 0 Å². The fourth-order valence-corrected chi connectivity index (χ4v) is 1.42. The van der Waals surface area contributed by atoms with Crippen molar-refractivity contribution >= 4 is 5.82 Å². The van der Waals surface area contributed by atoms with E-state index in [9.17, 15) is 0 Å². The second kappa shape index (κ2) is 4.61. The molecule has 2 rings (SSSR count). The second-order valence-electron chi connectivity index (χ2n) is 3.29. The molecule has 0 aliphatic rings. The summed E-state index contributed by atoms with van der Waals surface area (Å²) in [6.45, 7) is 2.56. The highest BCUT2D eigenvalue weighted by Crippen LogP contribution is 2.21. The van der Waals surface area contributed by atoms with Gasteiger partial charge in [-0.05, 0) is 25.1 Å². The summed E-state index contributed by atoms with van der Waals surface area (Å²) >= 11 is 0. The molecule has 2 heterocycles. The van der Waals surface area contributed by atoms with Crippen molar-refractivity contribution in [1.82, 2.24) is 9.97 Å². The molecule has 4 nitrogen and oxygen atoms in total. The highest BCUT2D eigenvalue weighted by atomic mass is 16.5. The first kappa shape index (κ1) is 10.4. The Morgan fingerprint density at radius 2 is 2.19 bits per heavy atom. The molecule has 0 aliphatic carbocycles. The summed E-state index contributed by atoms with van der Waals surface area (Å²) in [6.07, 6.45) is 3.42. The molecular formula is C12H13N3O. The molecule has 2 N–H and O–H groups in total. The maximum absolute atomic E-state index is 5.63. The Labute approximate surface area is 94.1 Å². The minimum Gasteiger partial charge on any atom is -0.492 e. The van der Waals surface area contributed by atoms with Crippen LogP contribution < -0.4 is 10.5 Å². The van der Waals surface area contributed by atoms with Gasteiger partial charge in [0, 0.05) is 11.8 Å². The molecule has 0 fully saturated rings. The molecule has 0 saturated heterocycles. The Bertz CT molecular complexity index is 485. The number of nitrogens with zero attached hydrogens (tertiary/aromatic N) is 2. The normalized spacial score (nSPS) is 10.1. The van der Waals surface area contributed by atoms with Gasteiger partial charge in [0.05, 0.1) is 18.5 Å². The van der Waals surface area contributed by atoms with Crippen LogP contribution in [0.25, 0.3) is 11.3 Å². The van der Waals surface area contributed by atoms with Crippen LogP contribution in [0.5, 0.6) is 5.75 Å². The first-order valence-corrected chi connectivity index (χ1v) is 5.10. The van der Waals surface area contributed by atoms with Crippen molar-refractivity contribution in [3.63, 3.8) is 0 Å². The van der Waals surface area contributed by atoms with E-state index in [1.165, 1.54) is 0 Å². The predicted octanol–water partition coefficient (Wildman–Crippen LogP) is 2.12. The van der Waals surface area contributed by atoms with Crippen LogP contribution in [0.4, 0.5) is 5.82 Å². The van der Waals surface area contributed by atoms with Gasteiger partial charge in [-0.3, -0.25) is 4.98 Å². The van der Waals surface area contributed by atoms with E-state index in [4.69, 9.17) is 10.5 Å². The molecule has 0 aromatic carbocycles. The number of hydrogen-bond donors (Lipinski definition) is 1. The quantitative estimate of drug-likeness (QED) is 0.851. The van der Waals surface area contributed by atoms with E-state index < -0.39 is 0 Å². The van der Waals surface area contributed by atoms with E-state index in [1.807, 2.05) is 25.1 Å². The number of aromatic nitrogens is 2. The molecule has 82 valence electrons. The van der Waals surface area contributed by atoms with Crippen LogP contribution in [0, 0.1) is 0 Å². The number of nitrogens with two attached hydrogens (primary N) is 1. The largest absolute Gasteiger partial charge is 0.492 e. The number of pyridine rings is 2. The van der Waals surface area contributed by atoms with Crippen molar-refractivity contribution in [3.05, 3.63) is 36.7 Å². The molecule has 16 heavy (non-hydrogen) atoms. The van der Waals surface area contributed by atoms with E-state index >= 15 is 0 Å². The highest BCUT2D eigenvalue weighted by Gasteiger charge is 2.02. The number of ether oxygens (including phenoxy) is 1. The minimum absolute atomic E-state index is 0.499. The lowest BCUT2D eigenvalue weighted by Crippen LogP contribution is -1.94. The van der Waals surface area contributed by atoms with Crippen LogP contribution in [-0.2, 0) is 0 Å². The van der Waals surface area contributed by atoms with Gasteiger partial charge in [0.2, 0.25) is 0 Å². The minimum atomic E-state index is 0.499. The zero-order valence-electron chi connectivity index (χ0n) is 9.05. The third-order valence-electron chi connectivity index (χ3n) is 2.09. The monoisotopic (exact) mass is 215 g/mol. The van der Waals surface area contributed by atoms with Gasteiger partial charge in [0.25, 0.3) is 0 Å². The van der Waals surface area contributed by atoms with Crippen molar-refractivity contribution in [2.75, 3.05) is 12.3 Å². The molecule has 0 unspecified atom stereocenters. The smallest absolute Gasteiger partial charge is 0.138 e. The van der Waals surface area contributed by atoms with Gasteiger partial charge in [0.1, 0.15) is 11.6 Å². The Balaban J connectivity index is 2.36. The fraction of sp³-hybridized carbons (Fsp3) is 0.167. The molecule has 0 radical (unpaired) electrons. The predicted molar refractivity (Wildman–Crippen MR) is 63.0 cm³/mol. The maximum atomic E-state index is 5.63. The summed E-state index contributed by atoms with van der Waals surface area (Å²) in [4.78, 5) is 8.33. The molecule has 0 amide bonds. The van der Waals surface area contributed by atoms with Crippen molar-refractivity contribution in [2.45, 2.75) is 6.92 Å². The van der Waals surface area contributed by atoms with E-state index in [0.717, 1.165) is 17.0 Å². The summed E-state index contributed by atoms with van der Waals surface area (Å²) in [5, 5.41) is 0. The molecular weight excluding hydrogens is 202 g/mol. The SMILES string of the molecule is CCOc1cncc(-c2cccc(N)n2)c1. The highest BCUT2D eigenvalue weighted by molar-refractivity contribution is 5.61. The second-order valence-corrected chi connectivity index (χ2v) is 3.29. The van der Waals surface area contributed by atoms with Gasteiger partial charge in [-0.1, -0.05) is 6.07 Å². The van der Waals surface area contributed by atoms with E-state index in [-0.39, 0.29) is 0 Å². The van der Waals surface area contributed by atoms with Gasteiger partial charge < -0.3 is 10.5 Å². The van der Waals surface area contributed by atoms with E-state index in [2.05, 4.69) is 9.97 Å². The van der Waals surface area contributed by atoms with Crippen LogP contribution in [0.1, 0.15) is 6.92 Å². The van der Waals surface area contributed by atoms with Crippen LogP contribution in [0.2, 0.25) is 0 Å². The Morgan fingerprint density at radius 1 is 1.31 bits per heavy atom. The lowest BCUT2D eigenvalue weighted by Gasteiger charge is -2.05. The Kier molecular flexibility index (Phi) is 3.00. The van der Waals surface area contributed by atoms with Crippen molar-refractivity contribution in [1.29, 1.82) is 0 Å². The number of anilines is 1. The molecule has 2 aromatic rings. The van der Waals surface area contributed by atoms with Crippen molar-refractivity contribution < 1.29 is 4.74 Å². The zero-order valence-corrected chi connectivity index (χ0v) is 9.05. The fourth-order valence-electron chi connectivity index (χ4n) is 1.42. The summed E-state index contributed by atoms with van der Waals surface area (Å²) in [5.74, 6) is 1.24. The standard InChI is InChI=1S/C12H13N3O/c1-2-16-10-6-9(7-14-8-10)11-4-3-5-12(13)15-11/h3-8H,2H2,1H3,(H2,13,15). The third kappa shape index (κ3) is 2.28. The van der Waals surface area contributed by atoms with E-state index in [1.54, 1.807) is 18.5 Å². The molecule has 0 atom stereocenters. The average Bonchev–Trinajstić information content (AvgIpc) is 2.30. The molecule has 2 aromatic heterocycles. The van der Waals surface area contributed by atoms with Gasteiger partial charge in [-0.25, -0.2) is 4.98 Å². The van der Waals surface area contributed by atoms with Gasteiger partial charge in [-0.15, -0.1) is 0 Å². The number of hydrogen-bond acceptors (Lipinski definition) is 4. The summed E-state index contributed by atoms with van der Waals surface area (Å²) < 4.78 is 5.38. The Hall–Kier alpha value is -2.10. The molecule has 4 heteroatoms. The van der Waals surface area contributed by atoms with Crippen molar-refractivity contribution in [3.8, 4) is 17.0 Å². The maximum Gasteiger partial charge on any atom is 0.138 e. The summed E-state index contributed by atoms with van der Waals surface area (Å²) in [6, 6.07) is 7.41. The van der Waals surface area contributed by atoms with Gasteiger partial charge >= 0.3 is 0 Å². The zero-order chi connectivity index (χ0) is 11.4. The Morgan fingerprint density at radius 3 is 2.94 bits per heavy atom.